The standard InChI is InChI=1S/C28H35FN6O/c1-17-11-13-19(14-12-17)16-35-24-25(31-18(2)20-7-6-8-20)32-23(15-30)33-26(24)34-27(35)28(3,36)21-9-4-5-10-22(21)29/h4-5,9-10,17-20,36H,6-8,11-14,16H2,1-3H3,(H,31,32,33)/t17?,18-,19?,28?/m1/s1. The summed E-state index contributed by atoms with van der Waals surface area (Å²) in [6.45, 7) is 6.64. The van der Waals surface area contributed by atoms with Gasteiger partial charge in [0.25, 0.3) is 0 Å². The first-order chi connectivity index (χ1) is 17.3. The molecule has 3 aromatic rings. The van der Waals surface area contributed by atoms with Crippen molar-refractivity contribution in [1.29, 1.82) is 5.26 Å². The van der Waals surface area contributed by atoms with Gasteiger partial charge in [-0.3, -0.25) is 0 Å². The molecular formula is C28H35FN6O. The molecule has 2 N–H and O–H groups in total. The quantitative estimate of drug-likeness (QED) is 0.452. The molecule has 0 amide bonds. The zero-order valence-corrected chi connectivity index (χ0v) is 21.3. The van der Waals surface area contributed by atoms with Crippen molar-refractivity contribution in [1.82, 2.24) is 19.5 Å². The van der Waals surface area contributed by atoms with Gasteiger partial charge in [0.2, 0.25) is 5.82 Å². The second-order valence-corrected chi connectivity index (χ2v) is 11.0. The Bertz CT molecular complexity index is 1280. The lowest BCUT2D eigenvalue weighted by Crippen LogP contribution is -2.32. The van der Waals surface area contributed by atoms with E-state index in [0.29, 0.717) is 47.1 Å². The maximum Gasteiger partial charge on any atom is 0.236 e. The van der Waals surface area contributed by atoms with Gasteiger partial charge >= 0.3 is 0 Å². The Labute approximate surface area is 211 Å². The van der Waals surface area contributed by atoms with Gasteiger partial charge in [-0.15, -0.1) is 0 Å². The first-order valence-corrected chi connectivity index (χ1v) is 13.2. The number of nitriles is 1. The van der Waals surface area contributed by atoms with Gasteiger partial charge in [0.15, 0.2) is 11.5 Å². The van der Waals surface area contributed by atoms with Crippen LogP contribution in [0.1, 0.15) is 82.9 Å². The number of rotatable bonds is 7. The van der Waals surface area contributed by atoms with Gasteiger partial charge in [-0.2, -0.15) is 15.2 Å². The van der Waals surface area contributed by atoms with Crippen LogP contribution in [0.15, 0.2) is 24.3 Å². The highest BCUT2D eigenvalue weighted by atomic mass is 19.1. The maximum atomic E-state index is 14.9. The summed E-state index contributed by atoms with van der Waals surface area (Å²) in [6, 6.07) is 8.48. The number of fused-ring (bicyclic) bond motifs is 1. The predicted molar refractivity (Wildman–Crippen MR) is 137 cm³/mol. The van der Waals surface area contributed by atoms with Crippen molar-refractivity contribution in [2.45, 2.75) is 83.9 Å². The molecule has 0 radical (unpaired) electrons. The predicted octanol–water partition coefficient (Wildman–Crippen LogP) is 5.52. The molecule has 1 aromatic carbocycles. The largest absolute Gasteiger partial charge is 0.377 e. The van der Waals surface area contributed by atoms with E-state index in [-0.39, 0.29) is 17.4 Å². The topological polar surface area (TPSA) is 99.6 Å². The molecule has 8 heteroatoms. The molecule has 2 aromatic heterocycles. The van der Waals surface area contributed by atoms with Crippen LogP contribution in [0.4, 0.5) is 10.2 Å². The summed E-state index contributed by atoms with van der Waals surface area (Å²) in [4.78, 5) is 13.7. The molecule has 2 saturated carbocycles. The molecule has 0 bridgehead atoms. The molecule has 2 heterocycles. The van der Waals surface area contributed by atoms with Crippen LogP contribution in [0.2, 0.25) is 0 Å². The lowest BCUT2D eigenvalue weighted by molar-refractivity contribution is 0.0826. The SMILES string of the molecule is CC1CCC(Cn2c(C(C)(O)c3ccccc3F)nc3nc(C#N)nc(N[C@H](C)C4CCC4)c32)CC1. The van der Waals surface area contributed by atoms with E-state index in [1.54, 1.807) is 25.1 Å². The number of nitrogens with one attached hydrogen (secondary N) is 1. The van der Waals surface area contributed by atoms with Crippen molar-refractivity contribution in [2.24, 2.45) is 17.8 Å². The first-order valence-electron chi connectivity index (χ1n) is 13.2. The normalized spacial score (nSPS) is 23.0. The molecule has 5 rings (SSSR count). The Morgan fingerprint density at radius 2 is 1.89 bits per heavy atom. The van der Waals surface area contributed by atoms with Gasteiger partial charge in [0.1, 0.15) is 28.8 Å². The van der Waals surface area contributed by atoms with E-state index in [2.05, 4.69) is 35.2 Å². The van der Waals surface area contributed by atoms with Gasteiger partial charge in [-0.25, -0.2) is 9.37 Å². The Balaban J connectivity index is 1.66. The van der Waals surface area contributed by atoms with Crippen LogP contribution >= 0.6 is 0 Å². The van der Waals surface area contributed by atoms with Crippen LogP contribution in [0.25, 0.3) is 11.2 Å². The van der Waals surface area contributed by atoms with E-state index >= 15 is 0 Å². The van der Waals surface area contributed by atoms with Crippen LogP contribution in [-0.2, 0) is 12.1 Å². The fourth-order valence-electron chi connectivity index (χ4n) is 5.76. The molecule has 2 aliphatic rings. The number of benzene rings is 1. The number of hydrogen-bond acceptors (Lipinski definition) is 6. The average molecular weight is 491 g/mol. The van der Waals surface area contributed by atoms with E-state index in [1.165, 1.54) is 25.3 Å². The highest BCUT2D eigenvalue weighted by Crippen LogP contribution is 2.38. The lowest BCUT2D eigenvalue weighted by Gasteiger charge is -2.33. The summed E-state index contributed by atoms with van der Waals surface area (Å²) in [5.41, 5.74) is -0.520. The van der Waals surface area contributed by atoms with Crippen molar-refractivity contribution in [3.63, 3.8) is 0 Å². The molecular weight excluding hydrogens is 455 g/mol. The molecule has 190 valence electrons. The van der Waals surface area contributed by atoms with E-state index < -0.39 is 11.4 Å². The second kappa shape index (κ2) is 9.78. The minimum Gasteiger partial charge on any atom is -0.377 e. The van der Waals surface area contributed by atoms with E-state index in [9.17, 15) is 14.8 Å². The number of halogens is 1. The van der Waals surface area contributed by atoms with Crippen molar-refractivity contribution in [3.8, 4) is 6.07 Å². The van der Waals surface area contributed by atoms with Gasteiger partial charge in [-0.05, 0) is 63.4 Å². The zero-order chi connectivity index (χ0) is 25.4. The van der Waals surface area contributed by atoms with E-state index in [0.717, 1.165) is 25.7 Å². The van der Waals surface area contributed by atoms with Crippen molar-refractivity contribution in [3.05, 3.63) is 47.3 Å². The Morgan fingerprint density at radius 1 is 1.17 bits per heavy atom. The fourth-order valence-corrected chi connectivity index (χ4v) is 5.76. The molecule has 2 aliphatic carbocycles. The highest BCUT2D eigenvalue weighted by Gasteiger charge is 2.37. The first kappa shape index (κ1) is 24.6. The summed E-state index contributed by atoms with van der Waals surface area (Å²) in [5.74, 6) is 2.09. The summed E-state index contributed by atoms with van der Waals surface area (Å²) < 4.78 is 16.9. The van der Waals surface area contributed by atoms with Gasteiger partial charge in [-0.1, -0.05) is 44.4 Å². The molecule has 1 unspecified atom stereocenters. The summed E-state index contributed by atoms with van der Waals surface area (Å²) in [7, 11) is 0. The van der Waals surface area contributed by atoms with Crippen LogP contribution in [-0.4, -0.2) is 30.7 Å². The monoisotopic (exact) mass is 490 g/mol. The highest BCUT2D eigenvalue weighted by molar-refractivity contribution is 5.84. The summed E-state index contributed by atoms with van der Waals surface area (Å²) >= 11 is 0. The van der Waals surface area contributed by atoms with Crippen molar-refractivity contribution >= 4 is 17.0 Å². The summed E-state index contributed by atoms with van der Waals surface area (Å²) in [5, 5.41) is 24.9. The molecule has 36 heavy (non-hydrogen) atoms. The van der Waals surface area contributed by atoms with Gasteiger partial charge in [0.05, 0.1) is 0 Å². The Morgan fingerprint density at radius 3 is 2.53 bits per heavy atom. The lowest BCUT2D eigenvalue weighted by atomic mass is 9.80. The van der Waals surface area contributed by atoms with Crippen LogP contribution in [0.3, 0.4) is 0 Å². The minimum absolute atomic E-state index is 0.0269. The Kier molecular flexibility index (Phi) is 6.69. The number of hydrogen-bond donors (Lipinski definition) is 2. The third-order valence-corrected chi connectivity index (χ3v) is 8.33. The second-order valence-electron chi connectivity index (χ2n) is 11.0. The summed E-state index contributed by atoms with van der Waals surface area (Å²) in [6.07, 6.45) is 8.05. The van der Waals surface area contributed by atoms with E-state index in [1.807, 2.05) is 4.57 Å². The van der Waals surface area contributed by atoms with Crippen molar-refractivity contribution < 1.29 is 9.50 Å². The molecule has 0 aliphatic heterocycles. The molecule has 0 spiro atoms. The minimum atomic E-state index is -1.70. The maximum absolute atomic E-state index is 14.9. The van der Waals surface area contributed by atoms with Gasteiger partial charge in [0, 0.05) is 18.2 Å². The number of aromatic nitrogens is 4. The van der Waals surface area contributed by atoms with Gasteiger partial charge < -0.3 is 15.0 Å². The number of anilines is 1. The third kappa shape index (κ3) is 4.57. The zero-order valence-electron chi connectivity index (χ0n) is 21.3. The van der Waals surface area contributed by atoms with E-state index in [4.69, 9.17) is 4.98 Å². The van der Waals surface area contributed by atoms with Crippen LogP contribution < -0.4 is 5.32 Å². The molecule has 7 nitrogen and oxygen atoms in total. The Hall–Kier alpha value is -3.05. The number of aliphatic hydroxyl groups is 1. The smallest absolute Gasteiger partial charge is 0.236 e. The van der Waals surface area contributed by atoms with Crippen LogP contribution in [0.5, 0.6) is 0 Å². The molecule has 2 fully saturated rings. The molecule has 0 saturated heterocycles. The van der Waals surface area contributed by atoms with Crippen molar-refractivity contribution in [2.75, 3.05) is 5.32 Å². The fraction of sp³-hybridized carbons (Fsp3) is 0.571. The molecule has 2 atom stereocenters. The number of imidazole rings is 1. The number of nitrogens with zero attached hydrogens (tertiary/aromatic N) is 5. The third-order valence-electron chi connectivity index (χ3n) is 8.33. The average Bonchev–Trinajstić information content (AvgIpc) is 3.18. The van der Waals surface area contributed by atoms with Crippen LogP contribution in [0, 0.1) is 34.9 Å².